The first-order valence-electron chi connectivity index (χ1n) is 7.91. The van der Waals surface area contributed by atoms with E-state index in [-0.39, 0.29) is 16.5 Å². The first-order valence-corrected chi connectivity index (χ1v) is 8.29. The molecule has 2 aromatic rings. The fourth-order valence-corrected chi connectivity index (χ4v) is 2.87. The van der Waals surface area contributed by atoms with Crippen molar-refractivity contribution >= 4 is 29.1 Å². The summed E-state index contributed by atoms with van der Waals surface area (Å²) in [5, 5.41) is 10.5. The molecule has 0 aliphatic carbocycles. The zero-order valence-electron chi connectivity index (χ0n) is 13.5. The molecule has 0 unspecified atom stereocenters. The van der Waals surface area contributed by atoms with Crippen molar-refractivity contribution in [1.82, 2.24) is 15.2 Å². The summed E-state index contributed by atoms with van der Waals surface area (Å²) in [6, 6.07) is 3.54. The van der Waals surface area contributed by atoms with Crippen molar-refractivity contribution in [2.24, 2.45) is 5.92 Å². The summed E-state index contributed by atoms with van der Waals surface area (Å²) >= 11 is 5.69. The number of rotatable bonds is 3. The predicted octanol–water partition coefficient (Wildman–Crippen LogP) is 4.52. The van der Waals surface area contributed by atoms with Crippen LogP contribution in [0.3, 0.4) is 0 Å². The molecule has 1 aromatic carbocycles. The van der Waals surface area contributed by atoms with E-state index in [1.165, 1.54) is 18.3 Å². The number of halogens is 4. The standard InChI is InChI=1S/C16H17ClF3N5/c1-10-4-6-25(7-5-10)15-23-14(9-21-24-15)22-13-3-2-11(17)8-12(13)16(18,19)20/h2-3,8-10H,4-7H2,1H3,(H,22,23,24). The van der Waals surface area contributed by atoms with E-state index in [0.29, 0.717) is 11.9 Å². The van der Waals surface area contributed by atoms with Gasteiger partial charge in [0.25, 0.3) is 0 Å². The number of anilines is 3. The molecule has 0 atom stereocenters. The van der Waals surface area contributed by atoms with Crippen molar-refractivity contribution in [2.75, 3.05) is 23.3 Å². The second-order valence-corrected chi connectivity index (χ2v) is 6.56. The number of piperidine rings is 1. The number of nitrogens with one attached hydrogen (secondary N) is 1. The minimum Gasteiger partial charge on any atom is -0.339 e. The van der Waals surface area contributed by atoms with Crippen molar-refractivity contribution in [1.29, 1.82) is 0 Å². The van der Waals surface area contributed by atoms with Gasteiger partial charge < -0.3 is 10.2 Å². The molecular weight excluding hydrogens is 355 g/mol. The lowest BCUT2D eigenvalue weighted by atomic mass is 10.00. The quantitative estimate of drug-likeness (QED) is 0.859. The van der Waals surface area contributed by atoms with E-state index in [0.717, 1.165) is 32.0 Å². The molecule has 0 spiro atoms. The lowest BCUT2D eigenvalue weighted by Gasteiger charge is -2.29. The Bertz CT molecular complexity index is 745. The molecule has 9 heteroatoms. The summed E-state index contributed by atoms with van der Waals surface area (Å²) < 4.78 is 39.5. The molecule has 5 nitrogen and oxygen atoms in total. The number of nitrogens with zero attached hydrogens (tertiary/aromatic N) is 4. The van der Waals surface area contributed by atoms with Gasteiger partial charge >= 0.3 is 6.18 Å². The monoisotopic (exact) mass is 371 g/mol. The normalized spacial score (nSPS) is 16.1. The van der Waals surface area contributed by atoms with Gasteiger partial charge in [-0.25, -0.2) is 0 Å². The van der Waals surface area contributed by atoms with Gasteiger partial charge in [0.05, 0.1) is 17.4 Å². The smallest absolute Gasteiger partial charge is 0.339 e. The van der Waals surface area contributed by atoms with Gasteiger partial charge in [-0.15, -0.1) is 5.10 Å². The third kappa shape index (κ3) is 4.31. The Morgan fingerprint density at radius 1 is 1.24 bits per heavy atom. The van der Waals surface area contributed by atoms with Crippen LogP contribution in [0.2, 0.25) is 5.02 Å². The molecule has 134 valence electrons. The Balaban J connectivity index is 1.84. The number of hydrogen-bond acceptors (Lipinski definition) is 5. The first kappa shape index (κ1) is 17.7. The van der Waals surface area contributed by atoms with Crippen molar-refractivity contribution in [3.8, 4) is 0 Å². The Kier molecular flexibility index (Phi) is 4.99. The molecule has 0 radical (unpaired) electrons. The summed E-state index contributed by atoms with van der Waals surface area (Å²) in [6.45, 7) is 3.80. The van der Waals surface area contributed by atoms with Crippen molar-refractivity contribution in [2.45, 2.75) is 25.9 Å². The van der Waals surface area contributed by atoms with Gasteiger partial charge in [-0.3, -0.25) is 0 Å². The Morgan fingerprint density at radius 3 is 2.64 bits per heavy atom. The van der Waals surface area contributed by atoms with Crippen LogP contribution in [-0.2, 0) is 6.18 Å². The minimum atomic E-state index is -4.53. The largest absolute Gasteiger partial charge is 0.418 e. The SMILES string of the molecule is CC1CCN(c2nncc(Nc3ccc(Cl)cc3C(F)(F)F)n2)CC1. The van der Waals surface area contributed by atoms with Crippen LogP contribution in [0, 0.1) is 5.92 Å². The highest BCUT2D eigenvalue weighted by molar-refractivity contribution is 6.30. The maximum Gasteiger partial charge on any atom is 0.418 e. The van der Waals surface area contributed by atoms with Gasteiger partial charge in [-0.2, -0.15) is 23.3 Å². The summed E-state index contributed by atoms with van der Waals surface area (Å²) in [7, 11) is 0. The molecule has 25 heavy (non-hydrogen) atoms. The minimum absolute atomic E-state index is 0.0156. The second kappa shape index (κ2) is 7.03. The summed E-state index contributed by atoms with van der Waals surface area (Å²) in [4.78, 5) is 6.29. The molecule has 0 bridgehead atoms. The zero-order chi connectivity index (χ0) is 18.0. The van der Waals surface area contributed by atoms with E-state index in [1.807, 2.05) is 4.90 Å². The highest BCUT2D eigenvalue weighted by Gasteiger charge is 2.34. The lowest BCUT2D eigenvalue weighted by molar-refractivity contribution is -0.136. The fourth-order valence-electron chi connectivity index (χ4n) is 2.69. The summed E-state index contributed by atoms with van der Waals surface area (Å²) in [5.41, 5.74) is -0.984. The molecule has 1 aliphatic heterocycles. The first-order chi connectivity index (χ1) is 11.8. The molecule has 1 aliphatic rings. The Hall–Kier alpha value is -2.09. The van der Waals surface area contributed by atoms with Gasteiger partial charge in [0.2, 0.25) is 5.95 Å². The van der Waals surface area contributed by atoms with Crippen LogP contribution in [0.1, 0.15) is 25.3 Å². The lowest BCUT2D eigenvalue weighted by Crippen LogP contribution is -2.34. The molecule has 1 saturated heterocycles. The van der Waals surface area contributed by atoms with Crippen LogP contribution >= 0.6 is 11.6 Å². The average molecular weight is 372 g/mol. The highest BCUT2D eigenvalue weighted by Crippen LogP contribution is 2.37. The van der Waals surface area contributed by atoms with E-state index in [9.17, 15) is 13.2 Å². The predicted molar refractivity (Wildman–Crippen MR) is 90.2 cm³/mol. The molecule has 1 N–H and O–H groups in total. The van der Waals surface area contributed by atoms with Crippen molar-refractivity contribution < 1.29 is 13.2 Å². The van der Waals surface area contributed by atoms with Gasteiger partial charge in [-0.05, 0) is 37.0 Å². The number of benzene rings is 1. The van der Waals surface area contributed by atoms with Crippen LogP contribution < -0.4 is 10.2 Å². The molecule has 1 fully saturated rings. The third-order valence-electron chi connectivity index (χ3n) is 4.16. The summed E-state index contributed by atoms with van der Waals surface area (Å²) in [6.07, 6.45) is -1.18. The van der Waals surface area contributed by atoms with Crippen molar-refractivity contribution in [3.63, 3.8) is 0 Å². The van der Waals surface area contributed by atoms with E-state index in [1.54, 1.807) is 0 Å². The topological polar surface area (TPSA) is 53.9 Å². The maximum atomic E-state index is 13.2. The Labute approximate surface area is 148 Å². The molecule has 3 rings (SSSR count). The van der Waals surface area contributed by atoms with Gasteiger partial charge in [-0.1, -0.05) is 18.5 Å². The average Bonchev–Trinajstić information content (AvgIpc) is 2.56. The van der Waals surface area contributed by atoms with Crippen LogP contribution in [0.25, 0.3) is 0 Å². The summed E-state index contributed by atoms with van der Waals surface area (Å²) in [5.74, 6) is 1.27. The van der Waals surface area contributed by atoms with Crippen molar-refractivity contribution in [3.05, 3.63) is 35.0 Å². The van der Waals surface area contributed by atoms with Crippen LogP contribution in [0.5, 0.6) is 0 Å². The number of alkyl halides is 3. The van der Waals surface area contributed by atoms with E-state index in [4.69, 9.17) is 11.6 Å². The second-order valence-electron chi connectivity index (χ2n) is 6.12. The number of hydrogen-bond donors (Lipinski definition) is 1. The van der Waals surface area contributed by atoms with Crippen LogP contribution in [0.15, 0.2) is 24.4 Å². The highest BCUT2D eigenvalue weighted by atomic mass is 35.5. The van der Waals surface area contributed by atoms with Crippen LogP contribution in [-0.4, -0.2) is 28.3 Å². The molecule has 0 saturated carbocycles. The Morgan fingerprint density at radius 2 is 1.96 bits per heavy atom. The zero-order valence-corrected chi connectivity index (χ0v) is 14.3. The van der Waals surface area contributed by atoms with Gasteiger partial charge in [0.15, 0.2) is 5.82 Å². The van der Waals surface area contributed by atoms with E-state index >= 15 is 0 Å². The fraction of sp³-hybridized carbons (Fsp3) is 0.438. The molecule has 0 amide bonds. The molecule has 2 heterocycles. The number of aromatic nitrogens is 3. The maximum absolute atomic E-state index is 13.2. The van der Waals surface area contributed by atoms with Crippen LogP contribution in [0.4, 0.5) is 30.6 Å². The third-order valence-corrected chi connectivity index (χ3v) is 4.40. The van der Waals surface area contributed by atoms with Gasteiger partial charge in [0.1, 0.15) is 0 Å². The molecule has 1 aromatic heterocycles. The molecular formula is C16H17ClF3N5. The van der Waals surface area contributed by atoms with E-state index in [2.05, 4.69) is 27.4 Å². The van der Waals surface area contributed by atoms with E-state index < -0.39 is 11.7 Å². The van der Waals surface area contributed by atoms with Gasteiger partial charge in [0, 0.05) is 18.1 Å².